The van der Waals surface area contributed by atoms with Gasteiger partial charge in [0.2, 0.25) is 21.8 Å². The van der Waals surface area contributed by atoms with Gasteiger partial charge in [0.25, 0.3) is 0 Å². The molecule has 0 aromatic carbocycles. The summed E-state index contributed by atoms with van der Waals surface area (Å²) >= 11 is 0. The van der Waals surface area contributed by atoms with E-state index in [1.54, 1.807) is 6.92 Å². The number of nitrogens with two attached hydrogens (primary N) is 2. The van der Waals surface area contributed by atoms with E-state index in [9.17, 15) is 18.0 Å². The number of nitrogens with zero attached hydrogens (tertiary/aromatic N) is 1. The van der Waals surface area contributed by atoms with Crippen LogP contribution in [0.2, 0.25) is 0 Å². The summed E-state index contributed by atoms with van der Waals surface area (Å²) in [5.41, 5.74) is 10.4. The second kappa shape index (κ2) is 8.08. The van der Waals surface area contributed by atoms with Gasteiger partial charge < -0.3 is 16.8 Å². The largest absolute Gasteiger partial charge is 0.370 e. The normalized spacial score (nSPS) is 13.3. The van der Waals surface area contributed by atoms with Gasteiger partial charge in [-0.25, -0.2) is 12.7 Å². The number of hydrogen-bond donors (Lipinski definition) is 3. The van der Waals surface area contributed by atoms with Crippen molar-refractivity contribution in [2.24, 2.45) is 11.5 Å². The molecule has 0 spiro atoms. The van der Waals surface area contributed by atoms with Crippen molar-refractivity contribution < 1.29 is 18.0 Å². The molecule has 0 radical (unpaired) electrons. The van der Waals surface area contributed by atoms with Crippen molar-refractivity contribution in [3.63, 3.8) is 0 Å². The maximum Gasteiger partial charge on any atom is 0.237 e. The fourth-order valence-corrected chi connectivity index (χ4v) is 2.40. The second-order valence-corrected chi connectivity index (χ2v) is 6.16. The molecule has 5 N–H and O–H groups in total. The number of rotatable bonds is 9. The average Bonchev–Trinajstić information content (AvgIpc) is 2.25. The fourth-order valence-electron chi connectivity index (χ4n) is 1.47. The number of amides is 2. The molecule has 0 saturated heterocycles. The molecule has 0 rings (SSSR count). The molecule has 0 heterocycles. The first-order valence-electron chi connectivity index (χ1n) is 5.95. The summed E-state index contributed by atoms with van der Waals surface area (Å²) in [4.78, 5) is 22.0. The third kappa shape index (κ3) is 7.75. The Morgan fingerprint density at radius 3 is 2.37 bits per heavy atom. The maximum atomic E-state index is 11.4. The molecule has 0 aliphatic rings. The van der Waals surface area contributed by atoms with Crippen LogP contribution in [0.3, 0.4) is 0 Å². The lowest BCUT2D eigenvalue weighted by Gasteiger charge is -2.18. The van der Waals surface area contributed by atoms with Gasteiger partial charge in [-0.15, -0.1) is 0 Å². The first kappa shape index (κ1) is 17.8. The first-order valence-corrected chi connectivity index (χ1v) is 7.80. The van der Waals surface area contributed by atoms with E-state index in [-0.39, 0.29) is 13.0 Å². The Bertz CT molecular complexity index is 410. The molecule has 2 amide bonds. The van der Waals surface area contributed by atoms with E-state index in [2.05, 4.69) is 5.32 Å². The van der Waals surface area contributed by atoms with E-state index in [0.29, 0.717) is 19.5 Å². The Morgan fingerprint density at radius 2 is 1.95 bits per heavy atom. The molecule has 8 nitrogen and oxygen atoms in total. The van der Waals surface area contributed by atoms with Crippen molar-refractivity contribution in [3.05, 3.63) is 0 Å². The Morgan fingerprint density at radius 1 is 1.37 bits per heavy atom. The minimum atomic E-state index is -3.21. The molecular weight excluding hydrogens is 272 g/mol. The lowest BCUT2D eigenvalue weighted by atomic mass is 10.2. The predicted molar refractivity (Wildman–Crippen MR) is 71.5 cm³/mol. The lowest BCUT2D eigenvalue weighted by Crippen LogP contribution is -2.43. The molecule has 1 atom stereocenters. The van der Waals surface area contributed by atoms with Crippen molar-refractivity contribution in [2.45, 2.75) is 25.8 Å². The zero-order chi connectivity index (χ0) is 15.1. The van der Waals surface area contributed by atoms with Gasteiger partial charge in [0.1, 0.15) is 0 Å². The minimum absolute atomic E-state index is 0.212. The van der Waals surface area contributed by atoms with E-state index in [1.165, 1.54) is 4.31 Å². The Balaban J connectivity index is 3.98. The van der Waals surface area contributed by atoms with E-state index in [0.717, 1.165) is 6.26 Å². The summed E-state index contributed by atoms with van der Waals surface area (Å²) in [6.45, 7) is 2.73. The lowest BCUT2D eigenvalue weighted by molar-refractivity contribution is -0.126. The van der Waals surface area contributed by atoms with Crippen molar-refractivity contribution in [3.8, 4) is 0 Å². The van der Waals surface area contributed by atoms with Crippen LogP contribution in [-0.4, -0.2) is 56.5 Å². The van der Waals surface area contributed by atoms with Gasteiger partial charge in [0.05, 0.1) is 18.7 Å². The van der Waals surface area contributed by atoms with Gasteiger partial charge in [-0.3, -0.25) is 9.59 Å². The van der Waals surface area contributed by atoms with Crippen LogP contribution in [0.15, 0.2) is 0 Å². The third-order valence-corrected chi connectivity index (χ3v) is 3.84. The summed E-state index contributed by atoms with van der Waals surface area (Å²) in [5, 5.41) is 2.53. The Kier molecular flexibility index (Phi) is 7.57. The molecule has 0 aliphatic carbocycles. The summed E-state index contributed by atoms with van der Waals surface area (Å²) in [7, 11) is -3.21. The number of carbonyl (C=O) groups is 2. The van der Waals surface area contributed by atoms with Crippen LogP contribution < -0.4 is 16.8 Å². The summed E-state index contributed by atoms with van der Waals surface area (Å²) < 4.78 is 23.9. The van der Waals surface area contributed by atoms with Gasteiger partial charge in [0, 0.05) is 19.6 Å². The molecule has 0 aliphatic heterocycles. The monoisotopic (exact) mass is 294 g/mol. The number of carbonyl (C=O) groups excluding carboxylic acids is 2. The Hall–Kier alpha value is -1.19. The zero-order valence-corrected chi connectivity index (χ0v) is 12.1. The van der Waals surface area contributed by atoms with Crippen LogP contribution in [0.25, 0.3) is 0 Å². The average molecular weight is 294 g/mol. The molecule has 0 aromatic rings. The SMILES string of the molecule is CCN(CCCNC(=O)C(N)CC(N)=O)S(C)(=O)=O. The second-order valence-electron chi connectivity index (χ2n) is 4.18. The summed E-state index contributed by atoms with van der Waals surface area (Å²) in [5.74, 6) is -1.11. The highest BCUT2D eigenvalue weighted by atomic mass is 32.2. The van der Waals surface area contributed by atoms with E-state index < -0.39 is 27.9 Å². The molecule has 0 aromatic heterocycles. The zero-order valence-electron chi connectivity index (χ0n) is 11.3. The fraction of sp³-hybridized carbons (Fsp3) is 0.800. The maximum absolute atomic E-state index is 11.4. The molecule has 0 saturated carbocycles. The van der Waals surface area contributed by atoms with Crippen LogP contribution >= 0.6 is 0 Å². The molecule has 9 heteroatoms. The molecule has 1 unspecified atom stereocenters. The number of hydrogen-bond acceptors (Lipinski definition) is 5. The molecule has 0 fully saturated rings. The highest BCUT2D eigenvalue weighted by Gasteiger charge is 2.16. The molecule has 112 valence electrons. The van der Waals surface area contributed by atoms with Gasteiger partial charge in [-0.2, -0.15) is 0 Å². The van der Waals surface area contributed by atoms with Gasteiger partial charge in [-0.05, 0) is 6.42 Å². The van der Waals surface area contributed by atoms with E-state index in [1.807, 2.05) is 0 Å². The number of nitrogens with one attached hydrogen (secondary N) is 1. The van der Waals surface area contributed by atoms with Crippen molar-refractivity contribution in [2.75, 3.05) is 25.9 Å². The molecular formula is C10H22N4O4S. The minimum Gasteiger partial charge on any atom is -0.370 e. The standard InChI is InChI=1S/C10H22N4O4S/c1-3-14(19(2,17)18)6-4-5-13-10(16)8(11)7-9(12)15/h8H,3-7,11H2,1-2H3,(H2,12,15)(H,13,16). The van der Waals surface area contributed by atoms with Crippen molar-refractivity contribution >= 4 is 21.8 Å². The van der Waals surface area contributed by atoms with Crippen molar-refractivity contribution in [1.82, 2.24) is 9.62 Å². The van der Waals surface area contributed by atoms with Gasteiger partial charge >= 0.3 is 0 Å². The quantitative estimate of drug-likeness (QED) is 0.422. The topological polar surface area (TPSA) is 136 Å². The predicted octanol–water partition coefficient (Wildman–Crippen LogP) is -2.02. The summed E-state index contributed by atoms with van der Waals surface area (Å²) in [6, 6.07) is -0.963. The molecule has 0 bridgehead atoms. The van der Waals surface area contributed by atoms with Crippen LogP contribution in [0.1, 0.15) is 19.8 Å². The van der Waals surface area contributed by atoms with E-state index in [4.69, 9.17) is 11.5 Å². The van der Waals surface area contributed by atoms with Crippen molar-refractivity contribution in [1.29, 1.82) is 0 Å². The highest BCUT2D eigenvalue weighted by molar-refractivity contribution is 7.88. The number of primary amides is 1. The highest BCUT2D eigenvalue weighted by Crippen LogP contribution is 1.98. The third-order valence-electron chi connectivity index (χ3n) is 2.46. The smallest absolute Gasteiger partial charge is 0.237 e. The van der Waals surface area contributed by atoms with Gasteiger partial charge in [-0.1, -0.05) is 6.92 Å². The Labute approximate surface area is 113 Å². The summed E-state index contributed by atoms with van der Waals surface area (Å²) in [6.07, 6.45) is 1.39. The van der Waals surface area contributed by atoms with Crippen LogP contribution in [0, 0.1) is 0 Å². The van der Waals surface area contributed by atoms with Crippen LogP contribution in [-0.2, 0) is 19.6 Å². The first-order chi connectivity index (χ1) is 8.68. The van der Waals surface area contributed by atoms with E-state index >= 15 is 0 Å². The van der Waals surface area contributed by atoms with Crippen LogP contribution in [0.4, 0.5) is 0 Å². The van der Waals surface area contributed by atoms with Crippen LogP contribution in [0.5, 0.6) is 0 Å². The van der Waals surface area contributed by atoms with Gasteiger partial charge in [0.15, 0.2) is 0 Å². The number of sulfonamides is 1. The molecule has 19 heavy (non-hydrogen) atoms.